The van der Waals surface area contributed by atoms with E-state index < -0.39 is 0 Å². The molecule has 0 radical (unpaired) electrons. The van der Waals surface area contributed by atoms with Gasteiger partial charge in [-0.05, 0) is 37.0 Å². The van der Waals surface area contributed by atoms with E-state index in [4.69, 9.17) is 0 Å². The summed E-state index contributed by atoms with van der Waals surface area (Å²) in [5.74, 6) is -0.0758. The van der Waals surface area contributed by atoms with Crippen molar-refractivity contribution in [3.63, 3.8) is 0 Å². The number of nitrogens with zero attached hydrogens (tertiary/aromatic N) is 3. The summed E-state index contributed by atoms with van der Waals surface area (Å²) in [6.07, 6.45) is 8.05. The number of hydrazone groups is 1. The van der Waals surface area contributed by atoms with Gasteiger partial charge in [-0.3, -0.25) is 9.59 Å². The number of rotatable bonds is 4. The van der Waals surface area contributed by atoms with Gasteiger partial charge < -0.3 is 20.2 Å². The predicted octanol–water partition coefficient (Wildman–Crippen LogP) is 0.0278. The monoisotopic (exact) mass is 369 g/mol. The third-order valence-corrected chi connectivity index (χ3v) is 5.72. The third kappa shape index (κ3) is 3.26. The second kappa shape index (κ2) is 7.21. The fraction of sp³-hybridized carbons (Fsp3) is 0.550. The number of hydrogen-bond donors (Lipinski definition) is 2. The van der Waals surface area contributed by atoms with E-state index in [-0.39, 0.29) is 23.8 Å². The molecular weight excluding hydrogens is 342 g/mol. The van der Waals surface area contributed by atoms with Crippen LogP contribution in [0.5, 0.6) is 0 Å². The van der Waals surface area contributed by atoms with Gasteiger partial charge >= 0.3 is 0 Å². The molecule has 27 heavy (non-hydrogen) atoms. The van der Waals surface area contributed by atoms with Gasteiger partial charge in [-0.2, -0.15) is 5.10 Å². The minimum absolute atomic E-state index is 0.00487. The van der Waals surface area contributed by atoms with E-state index in [1.165, 1.54) is 0 Å². The van der Waals surface area contributed by atoms with Crippen LogP contribution in [0.4, 0.5) is 0 Å². The van der Waals surface area contributed by atoms with E-state index in [9.17, 15) is 9.59 Å². The summed E-state index contributed by atoms with van der Waals surface area (Å²) in [5, 5.41) is 6.48. The Morgan fingerprint density at radius 2 is 2.15 bits per heavy atom. The Hall–Kier alpha value is -2.57. The molecule has 0 bridgehead atoms. The second-order valence-corrected chi connectivity index (χ2v) is 7.64. The number of carbonyl (C=O) groups is 2. The standard InChI is InChI=1S/C20H27N5O2/c1-3-9-24(2)20(27)18-14-12-25(10-8-16(14)22-23-18)19(26)17-11-13-6-4-5-7-15(13)21-17/h6-7,11,14,16,21-22H,3-5,8-10,12H2,1-2H3. The van der Waals surface area contributed by atoms with E-state index in [1.807, 2.05) is 24.9 Å². The maximum Gasteiger partial charge on any atom is 0.270 e. The van der Waals surface area contributed by atoms with Gasteiger partial charge in [0.25, 0.3) is 11.8 Å². The van der Waals surface area contributed by atoms with Crippen LogP contribution < -0.4 is 16.0 Å². The molecule has 1 aliphatic carbocycles. The Morgan fingerprint density at radius 3 is 2.93 bits per heavy atom. The molecule has 1 aromatic heterocycles. The number of fused-ring (bicyclic) bond motifs is 2. The molecule has 1 aromatic rings. The molecule has 3 aliphatic rings. The number of nitrogens with one attached hydrogen (secondary N) is 2. The number of hydrogen-bond acceptors (Lipinski definition) is 4. The largest absolute Gasteiger partial charge is 0.351 e. The van der Waals surface area contributed by atoms with Crippen LogP contribution in [-0.4, -0.2) is 65.0 Å². The summed E-state index contributed by atoms with van der Waals surface area (Å²) in [4.78, 5) is 32.6. The van der Waals surface area contributed by atoms with E-state index in [0.29, 0.717) is 31.0 Å². The maximum atomic E-state index is 13.0. The molecule has 2 unspecified atom stereocenters. The highest BCUT2D eigenvalue weighted by atomic mass is 16.2. The third-order valence-electron chi connectivity index (χ3n) is 5.72. The molecule has 2 amide bonds. The predicted molar refractivity (Wildman–Crippen MR) is 105 cm³/mol. The zero-order chi connectivity index (χ0) is 19.0. The van der Waals surface area contributed by atoms with Gasteiger partial charge in [0, 0.05) is 37.9 Å². The van der Waals surface area contributed by atoms with Crippen molar-refractivity contribution >= 4 is 29.7 Å². The topological polar surface area (TPSA) is 80.8 Å². The highest BCUT2D eigenvalue weighted by Crippen LogP contribution is 2.25. The zero-order valence-corrected chi connectivity index (χ0v) is 16.0. The number of likely N-dealkylation sites (tertiary alicyclic amines) is 1. The van der Waals surface area contributed by atoms with Gasteiger partial charge in [-0.15, -0.1) is 0 Å². The lowest BCUT2D eigenvalue weighted by Gasteiger charge is -2.35. The Balaban J connectivity index is 1.50. The van der Waals surface area contributed by atoms with Crippen molar-refractivity contribution in [2.24, 2.45) is 11.0 Å². The lowest BCUT2D eigenvalue weighted by atomic mass is 9.89. The Bertz CT molecular complexity index is 866. The molecule has 7 nitrogen and oxygen atoms in total. The highest BCUT2D eigenvalue weighted by Gasteiger charge is 2.41. The average Bonchev–Trinajstić information content (AvgIpc) is 3.30. The zero-order valence-electron chi connectivity index (χ0n) is 16.0. The number of piperidine rings is 1. The molecule has 144 valence electrons. The average molecular weight is 369 g/mol. The summed E-state index contributed by atoms with van der Waals surface area (Å²) < 4.78 is 0. The molecule has 0 aromatic carbocycles. The molecule has 0 spiro atoms. The fourth-order valence-corrected chi connectivity index (χ4v) is 4.22. The first-order valence-electron chi connectivity index (χ1n) is 9.85. The number of H-pyrrole nitrogens is 1. The molecule has 1 fully saturated rings. The van der Waals surface area contributed by atoms with Crippen molar-refractivity contribution in [2.75, 3.05) is 26.7 Å². The SMILES string of the molecule is CCCN(C)C(=O)C1=NNC2CCN(C(=O)c3cc4c([nH]3)=CCCC=4)CC12. The first-order valence-corrected chi connectivity index (χ1v) is 9.85. The first kappa shape index (κ1) is 17.8. The van der Waals surface area contributed by atoms with Gasteiger partial charge in [0.2, 0.25) is 0 Å². The molecule has 2 N–H and O–H groups in total. The van der Waals surface area contributed by atoms with Gasteiger partial charge in [0.05, 0.1) is 6.04 Å². The van der Waals surface area contributed by atoms with Crippen LogP contribution in [0.25, 0.3) is 12.2 Å². The minimum atomic E-state index is -0.0442. The van der Waals surface area contributed by atoms with Crippen LogP contribution in [0, 0.1) is 5.92 Å². The van der Waals surface area contributed by atoms with Crippen molar-refractivity contribution in [3.8, 4) is 0 Å². The Morgan fingerprint density at radius 1 is 1.33 bits per heavy atom. The van der Waals surface area contributed by atoms with Gasteiger partial charge in [0.1, 0.15) is 11.4 Å². The van der Waals surface area contributed by atoms with Crippen molar-refractivity contribution in [2.45, 2.75) is 38.6 Å². The lowest BCUT2D eigenvalue weighted by molar-refractivity contribution is -0.123. The number of carbonyl (C=O) groups excluding carboxylic acids is 2. The fourth-order valence-electron chi connectivity index (χ4n) is 4.22. The van der Waals surface area contributed by atoms with Crippen LogP contribution in [0.3, 0.4) is 0 Å². The number of amides is 2. The lowest BCUT2D eigenvalue weighted by Crippen LogP contribution is -2.51. The summed E-state index contributed by atoms with van der Waals surface area (Å²) in [5.41, 5.74) is 4.30. The Kier molecular flexibility index (Phi) is 4.76. The molecule has 4 rings (SSSR count). The van der Waals surface area contributed by atoms with Crippen LogP contribution in [-0.2, 0) is 4.79 Å². The molecular formula is C20H27N5O2. The molecule has 7 heteroatoms. The first-order chi connectivity index (χ1) is 13.1. The summed E-state index contributed by atoms with van der Waals surface area (Å²) in [6.45, 7) is 3.95. The van der Waals surface area contributed by atoms with Crippen molar-refractivity contribution < 1.29 is 9.59 Å². The van der Waals surface area contributed by atoms with Crippen LogP contribution in [0.15, 0.2) is 11.2 Å². The molecule has 2 atom stereocenters. The van der Waals surface area contributed by atoms with Crippen molar-refractivity contribution in [1.82, 2.24) is 20.2 Å². The van der Waals surface area contributed by atoms with Gasteiger partial charge in [-0.25, -0.2) is 0 Å². The summed E-state index contributed by atoms with van der Waals surface area (Å²) >= 11 is 0. The van der Waals surface area contributed by atoms with E-state index in [1.54, 1.807) is 4.90 Å². The maximum absolute atomic E-state index is 13.0. The Labute approximate surface area is 158 Å². The molecule has 0 saturated carbocycles. The molecule has 3 heterocycles. The number of aromatic amines is 1. The highest BCUT2D eigenvalue weighted by molar-refractivity contribution is 6.40. The normalized spacial score (nSPS) is 23.3. The number of aromatic nitrogens is 1. The minimum Gasteiger partial charge on any atom is -0.351 e. The van der Waals surface area contributed by atoms with Crippen molar-refractivity contribution in [1.29, 1.82) is 0 Å². The summed E-state index contributed by atoms with van der Waals surface area (Å²) in [7, 11) is 1.81. The smallest absolute Gasteiger partial charge is 0.270 e. The summed E-state index contributed by atoms with van der Waals surface area (Å²) in [6, 6.07) is 2.09. The van der Waals surface area contributed by atoms with E-state index in [2.05, 4.69) is 27.7 Å². The van der Waals surface area contributed by atoms with E-state index in [0.717, 1.165) is 36.3 Å². The van der Waals surface area contributed by atoms with Gasteiger partial charge in [0.15, 0.2) is 0 Å². The van der Waals surface area contributed by atoms with Crippen LogP contribution >= 0.6 is 0 Å². The van der Waals surface area contributed by atoms with Crippen molar-refractivity contribution in [3.05, 3.63) is 22.3 Å². The van der Waals surface area contributed by atoms with Crippen LogP contribution in [0.2, 0.25) is 0 Å². The molecule has 1 saturated heterocycles. The van der Waals surface area contributed by atoms with Gasteiger partial charge in [-0.1, -0.05) is 19.1 Å². The molecule has 2 aliphatic heterocycles. The quantitative estimate of drug-likeness (QED) is 0.786. The second-order valence-electron chi connectivity index (χ2n) is 7.64. The van der Waals surface area contributed by atoms with Crippen LogP contribution in [0.1, 0.15) is 43.1 Å². The van der Waals surface area contributed by atoms with E-state index >= 15 is 0 Å².